The number of pyridine rings is 1. The van der Waals surface area contributed by atoms with Gasteiger partial charge in [0.2, 0.25) is 0 Å². The molecule has 2 heterocycles. The van der Waals surface area contributed by atoms with Crippen LogP contribution in [-0.4, -0.2) is 47.3 Å². The molecule has 1 aromatic rings. The van der Waals surface area contributed by atoms with Gasteiger partial charge in [-0.3, -0.25) is 14.7 Å². The molecule has 1 aliphatic rings. The van der Waals surface area contributed by atoms with Gasteiger partial charge in [-0.1, -0.05) is 0 Å². The van der Waals surface area contributed by atoms with E-state index in [-0.39, 0.29) is 0 Å². The number of aliphatic carboxylic acids is 1. The van der Waals surface area contributed by atoms with E-state index in [1.54, 1.807) is 33.4 Å². The molecule has 0 spiro atoms. The third kappa shape index (κ3) is 2.43. The van der Waals surface area contributed by atoms with E-state index in [1.807, 2.05) is 4.90 Å². The van der Waals surface area contributed by atoms with Crippen LogP contribution in [0.4, 0.5) is 0 Å². The number of carbonyl (C=O) groups is 1. The van der Waals surface area contributed by atoms with Gasteiger partial charge >= 0.3 is 5.97 Å². The molecule has 1 saturated heterocycles. The lowest BCUT2D eigenvalue weighted by molar-refractivity contribution is -0.148. The van der Waals surface area contributed by atoms with E-state index >= 15 is 0 Å². The van der Waals surface area contributed by atoms with Crippen molar-refractivity contribution in [1.82, 2.24) is 9.88 Å². The molecule has 1 fully saturated rings. The summed E-state index contributed by atoms with van der Waals surface area (Å²) in [5, 5.41) is 9.43. The average molecular weight is 280 g/mol. The van der Waals surface area contributed by atoms with E-state index in [2.05, 4.69) is 4.98 Å². The first-order chi connectivity index (χ1) is 9.52. The first kappa shape index (κ1) is 14.6. The summed E-state index contributed by atoms with van der Waals surface area (Å²) in [6, 6.07) is 1.72. The summed E-state index contributed by atoms with van der Waals surface area (Å²) in [5.74, 6) is 0.375. The molecule has 1 N–H and O–H groups in total. The van der Waals surface area contributed by atoms with E-state index in [0.29, 0.717) is 30.2 Å². The number of methoxy groups -OCH3 is 2. The minimum Gasteiger partial charge on any atom is -0.493 e. The molecule has 2 rings (SSSR count). The Balaban J connectivity index is 2.28. The number of carboxylic acid groups (broad SMARTS) is 1. The summed E-state index contributed by atoms with van der Waals surface area (Å²) in [5.41, 5.74) is -0.142. The van der Waals surface area contributed by atoms with Crippen molar-refractivity contribution in [3.8, 4) is 11.5 Å². The summed E-state index contributed by atoms with van der Waals surface area (Å²) in [4.78, 5) is 17.7. The number of nitrogens with zero attached hydrogens (tertiary/aromatic N) is 2. The van der Waals surface area contributed by atoms with Crippen molar-refractivity contribution in [3.05, 3.63) is 18.0 Å². The highest BCUT2D eigenvalue weighted by atomic mass is 16.5. The molecule has 0 radical (unpaired) electrons. The number of likely N-dealkylation sites (tertiary alicyclic amines) is 1. The van der Waals surface area contributed by atoms with E-state index in [4.69, 9.17) is 9.47 Å². The zero-order valence-electron chi connectivity index (χ0n) is 12.0. The fourth-order valence-electron chi connectivity index (χ4n) is 2.66. The molecule has 1 unspecified atom stereocenters. The fraction of sp³-hybridized carbons (Fsp3) is 0.571. The largest absolute Gasteiger partial charge is 0.493 e. The quantitative estimate of drug-likeness (QED) is 0.882. The van der Waals surface area contributed by atoms with Gasteiger partial charge in [0.25, 0.3) is 0 Å². The van der Waals surface area contributed by atoms with Crippen LogP contribution in [0.15, 0.2) is 12.3 Å². The Kier molecular flexibility index (Phi) is 4.13. The van der Waals surface area contributed by atoms with Crippen molar-refractivity contribution in [2.45, 2.75) is 31.8 Å². The summed E-state index contributed by atoms with van der Waals surface area (Å²) in [6.45, 7) is 2.93. The predicted molar refractivity (Wildman–Crippen MR) is 73.0 cm³/mol. The van der Waals surface area contributed by atoms with Gasteiger partial charge in [-0.15, -0.1) is 0 Å². The number of hydrogen-bond acceptors (Lipinski definition) is 5. The highest BCUT2D eigenvalue weighted by Gasteiger charge is 2.43. The summed E-state index contributed by atoms with van der Waals surface area (Å²) in [6.07, 6.45) is 3.16. The van der Waals surface area contributed by atoms with Gasteiger partial charge in [0.1, 0.15) is 11.2 Å². The molecule has 0 aromatic carbocycles. The Bertz CT molecular complexity index is 506. The number of hydrogen-bond donors (Lipinski definition) is 1. The zero-order valence-corrected chi connectivity index (χ0v) is 12.0. The van der Waals surface area contributed by atoms with E-state index in [9.17, 15) is 9.90 Å². The highest BCUT2D eigenvalue weighted by Crippen LogP contribution is 2.35. The molecule has 1 atom stereocenters. The van der Waals surface area contributed by atoms with Gasteiger partial charge in [0, 0.05) is 18.8 Å². The Morgan fingerprint density at radius 1 is 1.50 bits per heavy atom. The summed E-state index contributed by atoms with van der Waals surface area (Å²) < 4.78 is 10.6. The maximum atomic E-state index is 11.5. The van der Waals surface area contributed by atoms with Gasteiger partial charge in [-0.25, -0.2) is 0 Å². The van der Waals surface area contributed by atoms with Crippen LogP contribution in [0.5, 0.6) is 11.5 Å². The number of aromatic nitrogens is 1. The van der Waals surface area contributed by atoms with Crippen LogP contribution in [0, 0.1) is 0 Å². The molecule has 0 saturated carbocycles. The molecule has 6 heteroatoms. The second-order valence-corrected chi connectivity index (χ2v) is 5.10. The molecule has 0 bridgehead atoms. The third-order valence-electron chi connectivity index (χ3n) is 3.96. The second kappa shape index (κ2) is 5.66. The zero-order chi connectivity index (χ0) is 14.8. The minimum atomic E-state index is -0.838. The first-order valence-corrected chi connectivity index (χ1v) is 6.57. The smallest absolute Gasteiger partial charge is 0.323 e. The van der Waals surface area contributed by atoms with Gasteiger partial charge in [-0.2, -0.15) is 0 Å². The monoisotopic (exact) mass is 280 g/mol. The van der Waals surface area contributed by atoms with E-state index in [1.165, 1.54) is 0 Å². The van der Waals surface area contributed by atoms with Crippen LogP contribution in [0.3, 0.4) is 0 Å². The molecule has 1 aromatic heterocycles. The standard InChI is InChI=1S/C14H20N2O4/c1-14(13(17)18)6-4-8-16(14)9-10-12(20-3)11(19-2)5-7-15-10/h5,7H,4,6,8-9H2,1-3H3,(H,17,18). The fourth-order valence-corrected chi connectivity index (χ4v) is 2.66. The van der Waals surface area contributed by atoms with E-state index in [0.717, 1.165) is 13.0 Å². The van der Waals surface area contributed by atoms with Crippen LogP contribution in [0.1, 0.15) is 25.5 Å². The second-order valence-electron chi connectivity index (χ2n) is 5.10. The summed E-state index contributed by atoms with van der Waals surface area (Å²) >= 11 is 0. The molecular formula is C14H20N2O4. The lowest BCUT2D eigenvalue weighted by Crippen LogP contribution is -2.47. The normalized spacial score (nSPS) is 22.8. The summed E-state index contributed by atoms with van der Waals surface area (Å²) in [7, 11) is 3.13. The van der Waals surface area contributed by atoms with E-state index < -0.39 is 11.5 Å². The SMILES string of the molecule is COc1ccnc(CN2CCCC2(C)C(=O)O)c1OC. The number of carboxylic acids is 1. The molecule has 1 aliphatic heterocycles. The van der Waals surface area contributed by atoms with Gasteiger partial charge in [0.05, 0.1) is 14.2 Å². The molecule has 110 valence electrons. The van der Waals surface area contributed by atoms with Crippen LogP contribution >= 0.6 is 0 Å². The molecule has 0 aliphatic carbocycles. The Morgan fingerprint density at radius 2 is 2.25 bits per heavy atom. The average Bonchev–Trinajstić information content (AvgIpc) is 2.81. The highest BCUT2D eigenvalue weighted by molar-refractivity contribution is 5.78. The Hall–Kier alpha value is -1.82. The predicted octanol–water partition coefficient (Wildman–Crippen LogP) is 1.54. The van der Waals surface area contributed by atoms with Crippen LogP contribution in [0.25, 0.3) is 0 Å². The van der Waals surface area contributed by atoms with Crippen LogP contribution in [-0.2, 0) is 11.3 Å². The van der Waals surface area contributed by atoms with Crippen molar-refractivity contribution in [2.75, 3.05) is 20.8 Å². The molecule has 6 nitrogen and oxygen atoms in total. The van der Waals surface area contributed by atoms with Crippen molar-refractivity contribution >= 4 is 5.97 Å². The van der Waals surface area contributed by atoms with Crippen LogP contribution in [0.2, 0.25) is 0 Å². The molecule has 20 heavy (non-hydrogen) atoms. The molecular weight excluding hydrogens is 260 g/mol. The van der Waals surface area contributed by atoms with Crippen LogP contribution < -0.4 is 9.47 Å². The maximum Gasteiger partial charge on any atom is 0.323 e. The number of ether oxygens (including phenoxy) is 2. The molecule has 0 amide bonds. The Morgan fingerprint density at radius 3 is 2.85 bits per heavy atom. The van der Waals surface area contributed by atoms with Crippen molar-refractivity contribution in [2.24, 2.45) is 0 Å². The lowest BCUT2D eigenvalue weighted by atomic mass is 9.99. The first-order valence-electron chi connectivity index (χ1n) is 6.57. The van der Waals surface area contributed by atoms with Gasteiger partial charge in [0.15, 0.2) is 11.5 Å². The Labute approximate surface area is 118 Å². The minimum absolute atomic E-state index is 0.434. The maximum absolute atomic E-state index is 11.5. The topological polar surface area (TPSA) is 71.9 Å². The van der Waals surface area contributed by atoms with Crippen molar-refractivity contribution in [1.29, 1.82) is 0 Å². The van der Waals surface area contributed by atoms with Crippen molar-refractivity contribution < 1.29 is 19.4 Å². The lowest BCUT2D eigenvalue weighted by Gasteiger charge is -2.31. The van der Waals surface area contributed by atoms with Crippen molar-refractivity contribution in [3.63, 3.8) is 0 Å². The van der Waals surface area contributed by atoms with Gasteiger partial charge in [-0.05, 0) is 26.3 Å². The third-order valence-corrected chi connectivity index (χ3v) is 3.96. The number of rotatable bonds is 5. The van der Waals surface area contributed by atoms with Gasteiger partial charge < -0.3 is 14.6 Å².